The largest absolute Gasteiger partial charge is 0.493 e. The van der Waals surface area contributed by atoms with Crippen molar-refractivity contribution >= 4 is 32.6 Å². The van der Waals surface area contributed by atoms with Crippen LogP contribution in [0.5, 0.6) is 11.5 Å². The molecule has 0 aliphatic rings. The Morgan fingerprint density at radius 1 is 1.21 bits per heavy atom. The van der Waals surface area contributed by atoms with E-state index >= 15 is 0 Å². The molecule has 0 aliphatic heterocycles. The molecule has 0 bridgehead atoms. The third-order valence-electron chi connectivity index (χ3n) is 3.58. The van der Waals surface area contributed by atoms with Crippen LogP contribution in [-0.4, -0.2) is 31.7 Å². The summed E-state index contributed by atoms with van der Waals surface area (Å²) in [6.45, 7) is 2.44. The van der Waals surface area contributed by atoms with Gasteiger partial charge in [-0.05, 0) is 37.3 Å². The van der Waals surface area contributed by atoms with Gasteiger partial charge in [-0.2, -0.15) is 0 Å². The van der Waals surface area contributed by atoms with Crippen molar-refractivity contribution in [3.63, 3.8) is 0 Å². The Hall–Kier alpha value is -2.60. The number of aromatic nitrogens is 1. The smallest absolute Gasteiger partial charge is 0.259 e. The van der Waals surface area contributed by atoms with Gasteiger partial charge in [-0.25, -0.2) is 4.98 Å². The number of benzene rings is 2. The summed E-state index contributed by atoms with van der Waals surface area (Å²) in [5.74, 6) is 1.02. The highest BCUT2D eigenvalue weighted by molar-refractivity contribution is 7.22. The quantitative estimate of drug-likeness (QED) is 0.704. The molecule has 0 saturated carbocycles. The molecule has 24 heavy (non-hydrogen) atoms. The van der Waals surface area contributed by atoms with Gasteiger partial charge in [-0.3, -0.25) is 9.69 Å². The molecule has 5 nitrogen and oxygen atoms in total. The van der Waals surface area contributed by atoms with Gasteiger partial charge in [0.25, 0.3) is 5.91 Å². The zero-order valence-corrected chi connectivity index (χ0v) is 14.6. The average Bonchev–Trinajstić information content (AvgIpc) is 3.05. The number of ether oxygens (including phenoxy) is 2. The minimum absolute atomic E-state index is 0.143. The number of hydrogen-bond donors (Lipinski definition) is 0. The highest BCUT2D eigenvalue weighted by Crippen LogP contribution is 2.31. The van der Waals surface area contributed by atoms with E-state index in [9.17, 15) is 4.79 Å². The number of rotatable bonds is 5. The molecule has 1 amide bonds. The summed E-state index contributed by atoms with van der Waals surface area (Å²) in [7, 11) is 3.28. The van der Waals surface area contributed by atoms with Crippen molar-refractivity contribution in [3.8, 4) is 11.5 Å². The summed E-state index contributed by atoms with van der Waals surface area (Å²) in [4.78, 5) is 18.8. The van der Waals surface area contributed by atoms with Crippen molar-refractivity contribution in [2.24, 2.45) is 0 Å². The predicted octanol–water partition coefficient (Wildman–Crippen LogP) is 3.98. The van der Waals surface area contributed by atoms with E-state index in [1.54, 1.807) is 37.3 Å². The van der Waals surface area contributed by atoms with E-state index in [2.05, 4.69) is 4.98 Å². The lowest BCUT2D eigenvalue weighted by Crippen LogP contribution is -2.26. The number of carbonyl (C=O) groups excluding carboxylic acids is 1. The highest BCUT2D eigenvalue weighted by atomic mass is 32.1. The fourth-order valence-corrected chi connectivity index (χ4v) is 3.28. The van der Waals surface area contributed by atoms with Gasteiger partial charge in [-0.15, -0.1) is 0 Å². The molecule has 0 radical (unpaired) electrons. The molecule has 3 rings (SSSR count). The van der Waals surface area contributed by atoms with Gasteiger partial charge in [0.2, 0.25) is 0 Å². The molecule has 0 spiro atoms. The molecule has 1 aromatic heterocycles. The summed E-state index contributed by atoms with van der Waals surface area (Å²) in [6, 6.07) is 13.0. The Bertz CT molecular complexity index is 843. The molecule has 0 aliphatic carbocycles. The Kier molecular flexibility index (Phi) is 4.66. The van der Waals surface area contributed by atoms with Crippen LogP contribution < -0.4 is 14.4 Å². The summed E-state index contributed by atoms with van der Waals surface area (Å²) < 4.78 is 11.9. The number of carbonyl (C=O) groups is 1. The Balaban J connectivity index is 1.90. The van der Waals surface area contributed by atoms with Gasteiger partial charge >= 0.3 is 0 Å². The first-order valence-electron chi connectivity index (χ1n) is 7.58. The SMILES string of the molecule is CCOc1ccc(C(=O)N(C)c2nc3ccccc3s2)cc1OC. The number of nitrogens with zero attached hydrogens (tertiary/aromatic N) is 2. The normalized spacial score (nSPS) is 10.6. The minimum Gasteiger partial charge on any atom is -0.493 e. The molecule has 1 heterocycles. The van der Waals surface area contributed by atoms with Crippen molar-refractivity contribution in [2.45, 2.75) is 6.92 Å². The summed E-state index contributed by atoms with van der Waals surface area (Å²) in [5, 5.41) is 0.661. The fraction of sp³-hybridized carbons (Fsp3) is 0.222. The molecule has 0 fully saturated rings. The van der Waals surface area contributed by atoms with E-state index in [-0.39, 0.29) is 5.91 Å². The highest BCUT2D eigenvalue weighted by Gasteiger charge is 2.19. The van der Waals surface area contributed by atoms with E-state index < -0.39 is 0 Å². The van der Waals surface area contributed by atoms with E-state index in [1.807, 2.05) is 31.2 Å². The molecule has 2 aromatic carbocycles. The predicted molar refractivity (Wildman–Crippen MR) is 96.5 cm³/mol. The monoisotopic (exact) mass is 342 g/mol. The van der Waals surface area contributed by atoms with Crippen LogP contribution in [0.15, 0.2) is 42.5 Å². The number of hydrogen-bond acceptors (Lipinski definition) is 5. The Morgan fingerprint density at radius 3 is 2.71 bits per heavy atom. The van der Waals surface area contributed by atoms with E-state index in [0.717, 1.165) is 10.2 Å². The fourth-order valence-electron chi connectivity index (χ4n) is 2.36. The standard InChI is InChI=1S/C18H18N2O3S/c1-4-23-14-10-9-12(11-15(14)22-3)17(21)20(2)18-19-13-7-5-6-8-16(13)24-18/h5-11H,4H2,1-3H3. The number of thiazole rings is 1. The zero-order valence-electron chi connectivity index (χ0n) is 13.8. The van der Waals surface area contributed by atoms with E-state index in [4.69, 9.17) is 9.47 Å². The number of para-hydroxylation sites is 1. The van der Waals surface area contributed by atoms with Gasteiger partial charge in [-0.1, -0.05) is 23.5 Å². The molecule has 0 N–H and O–H groups in total. The van der Waals surface area contributed by atoms with Crippen molar-refractivity contribution in [1.82, 2.24) is 4.98 Å². The van der Waals surface area contributed by atoms with Crippen molar-refractivity contribution in [2.75, 3.05) is 25.7 Å². The van der Waals surface area contributed by atoms with E-state index in [0.29, 0.717) is 28.8 Å². The van der Waals surface area contributed by atoms with Crippen LogP contribution in [0.3, 0.4) is 0 Å². The Morgan fingerprint density at radius 2 is 2.00 bits per heavy atom. The molecular formula is C18H18N2O3S. The third-order valence-corrected chi connectivity index (χ3v) is 4.70. The summed E-state index contributed by atoms with van der Waals surface area (Å²) in [5.41, 5.74) is 1.42. The van der Waals surface area contributed by atoms with Crippen LogP contribution in [0, 0.1) is 0 Å². The summed E-state index contributed by atoms with van der Waals surface area (Å²) >= 11 is 1.49. The van der Waals surface area contributed by atoms with Crippen LogP contribution in [0.25, 0.3) is 10.2 Å². The first-order chi connectivity index (χ1) is 11.6. The first kappa shape index (κ1) is 16.3. The lowest BCUT2D eigenvalue weighted by atomic mass is 10.2. The molecule has 0 saturated heterocycles. The van der Waals surface area contributed by atoms with Crippen molar-refractivity contribution in [3.05, 3.63) is 48.0 Å². The molecule has 0 unspecified atom stereocenters. The first-order valence-corrected chi connectivity index (χ1v) is 8.40. The van der Waals surface area contributed by atoms with E-state index in [1.165, 1.54) is 11.3 Å². The maximum Gasteiger partial charge on any atom is 0.259 e. The molecule has 0 atom stereocenters. The van der Waals surface area contributed by atoms with Gasteiger partial charge in [0, 0.05) is 12.6 Å². The molecule has 124 valence electrons. The topological polar surface area (TPSA) is 51.7 Å². The third kappa shape index (κ3) is 3.05. The second-order valence-electron chi connectivity index (χ2n) is 5.13. The van der Waals surface area contributed by atoms with Crippen LogP contribution in [-0.2, 0) is 0 Å². The van der Waals surface area contributed by atoms with Crippen molar-refractivity contribution < 1.29 is 14.3 Å². The second kappa shape index (κ2) is 6.88. The number of fused-ring (bicyclic) bond motifs is 1. The van der Waals surface area contributed by atoms with Crippen LogP contribution in [0.1, 0.15) is 17.3 Å². The number of amides is 1. The van der Waals surface area contributed by atoms with Crippen LogP contribution >= 0.6 is 11.3 Å². The maximum atomic E-state index is 12.8. The lowest BCUT2D eigenvalue weighted by Gasteiger charge is -2.15. The number of methoxy groups -OCH3 is 1. The van der Waals surface area contributed by atoms with Gasteiger partial charge in [0.1, 0.15) is 0 Å². The van der Waals surface area contributed by atoms with Gasteiger partial charge in [0.05, 0.1) is 23.9 Å². The van der Waals surface area contributed by atoms with Crippen LogP contribution in [0.4, 0.5) is 5.13 Å². The van der Waals surface area contributed by atoms with Gasteiger partial charge < -0.3 is 9.47 Å². The average molecular weight is 342 g/mol. The minimum atomic E-state index is -0.143. The zero-order chi connectivity index (χ0) is 17.1. The molecule has 6 heteroatoms. The number of anilines is 1. The van der Waals surface area contributed by atoms with Gasteiger partial charge in [0.15, 0.2) is 16.6 Å². The summed E-state index contributed by atoms with van der Waals surface area (Å²) in [6.07, 6.45) is 0. The Labute approximate surface area is 144 Å². The second-order valence-corrected chi connectivity index (χ2v) is 6.14. The van der Waals surface area contributed by atoms with Crippen molar-refractivity contribution in [1.29, 1.82) is 0 Å². The molecule has 3 aromatic rings. The maximum absolute atomic E-state index is 12.8. The molecular weight excluding hydrogens is 324 g/mol. The van der Waals surface area contributed by atoms with Crippen LogP contribution in [0.2, 0.25) is 0 Å². The lowest BCUT2D eigenvalue weighted by molar-refractivity contribution is 0.0992.